The minimum absolute atomic E-state index is 0.0740. The van der Waals surface area contributed by atoms with E-state index < -0.39 is 17.2 Å². The highest BCUT2D eigenvalue weighted by Crippen LogP contribution is 2.45. The maximum absolute atomic E-state index is 15.6. The maximum atomic E-state index is 15.6. The van der Waals surface area contributed by atoms with E-state index >= 15 is 8.78 Å². The predicted molar refractivity (Wildman–Crippen MR) is 135 cm³/mol. The van der Waals surface area contributed by atoms with Gasteiger partial charge in [-0.15, -0.1) is 0 Å². The predicted octanol–water partition coefficient (Wildman–Crippen LogP) is 6.10. The fourth-order valence-electron chi connectivity index (χ4n) is 4.68. The smallest absolute Gasteiger partial charge is 0.137 e. The van der Waals surface area contributed by atoms with Crippen molar-refractivity contribution in [3.05, 3.63) is 65.2 Å². The molecule has 1 fully saturated rings. The number of nitrogens with zero attached hydrogens (tertiary/aromatic N) is 3. The highest BCUT2D eigenvalue weighted by molar-refractivity contribution is 5.71. The third kappa shape index (κ3) is 4.67. The van der Waals surface area contributed by atoms with Gasteiger partial charge in [-0.3, -0.25) is 0 Å². The molecule has 4 aromatic rings. The molecule has 1 saturated carbocycles. The minimum Gasteiger partial charge on any atom is -0.383 e. The fraction of sp³-hybridized carbons (Fsp3) is 0.429. The number of hydrogen-bond donors (Lipinski definition) is 2. The van der Waals surface area contributed by atoms with Crippen molar-refractivity contribution in [1.82, 2.24) is 19.4 Å². The molecule has 8 heteroatoms. The molecular formula is C28H32F2N4O2. The van der Waals surface area contributed by atoms with E-state index in [1.54, 1.807) is 6.20 Å². The molecule has 0 amide bonds. The molecule has 3 aromatic heterocycles. The molecule has 1 atom stereocenters. The van der Waals surface area contributed by atoms with Crippen LogP contribution < -0.4 is 0 Å². The zero-order valence-electron chi connectivity index (χ0n) is 20.9. The molecule has 0 spiro atoms. The number of aromatic nitrogens is 4. The van der Waals surface area contributed by atoms with Crippen molar-refractivity contribution < 1.29 is 18.6 Å². The maximum Gasteiger partial charge on any atom is 0.137 e. The lowest BCUT2D eigenvalue weighted by atomic mass is 10.0. The first kappa shape index (κ1) is 24.6. The normalized spacial score (nSPS) is 15.5. The van der Waals surface area contributed by atoms with Gasteiger partial charge >= 0.3 is 0 Å². The van der Waals surface area contributed by atoms with Crippen LogP contribution in [0.25, 0.3) is 28.3 Å². The number of imidazole rings is 2. The van der Waals surface area contributed by atoms with Gasteiger partial charge in [-0.1, -0.05) is 20.3 Å². The van der Waals surface area contributed by atoms with Gasteiger partial charge in [0.25, 0.3) is 0 Å². The first-order valence-electron chi connectivity index (χ1n) is 12.7. The summed E-state index contributed by atoms with van der Waals surface area (Å²) in [6.07, 6.45) is 7.87. The molecule has 1 unspecified atom stereocenters. The van der Waals surface area contributed by atoms with Crippen LogP contribution in [0.15, 0.2) is 36.7 Å². The molecule has 1 aromatic carbocycles. The van der Waals surface area contributed by atoms with Gasteiger partial charge in [0.15, 0.2) is 0 Å². The van der Waals surface area contributed by atoms with Gasteiger partial charge in [0.2, 0.25) is 0 Å². The van der Waals surface area contributed by atoms with Crippen LogP contribution in [-0.4, -0.2) is 37.2 Å². The Kier molecular flexibility index (Phi) is 6.66. The average Bonchev–Trinajstić information content (AvgIpc) is 3.26. The molecule has 0 radical (unpaired) electrons. The first-order chi connectivity index (χ1) is 17.3. The molecule has 5 rings (SSSR count). The molecule has 6 nitrogen and oxygen atoms in total. The van der Waals surface area contributed by atoms with Crippen LogP contribution in [0.2, 0.25) is 0 Å². The number of benzene rings is 1. The van der Waals surface area contributed by atoms with E-state index in [9.17, 15) is 5.11 Å². The quantitative estimate of drug-likeness (QED) is 0.279. The minimum atomic E-state index is -0.926. The number of pyridine rings is 1. The number of hydrogen-bond acceptors (Lipinski definition) is 4. The molecule has 3 heterocycles. The molecule has 0 aliphatic heterocycles. The second-order valence-electron chi connectivity index (χ2n) is 9.81. The van der Waals surface area contributed by atoms with E-state index in [4.69, 9.17) is 4.74 Å². The number of nitrogens with one attached hydrogen (secondary N) is 1. The zero-order chi connectivity index (χ0) is 25.4. The zero-order valence-corrected chi connectivity index (χ0v) is 20.9. The summed E-state index contributed by atoms with van der Waals surface area (Å²) >= 11 is 0. The number of halogens is 2. The molecular weight excluding hydrogens is 462 g/mol. The van der Waals surface area contributed by atoms with Crippen molar-refractivity contribution in [3.8, 4) is 22.6 Å². The largest absolute Gasteiger partial charge is 0.383 e. The number of ether oxygens (including phenoxy) is 1. The van der Waals surface area contributed by atoms with Gasteiger partial charge in [0.05, 0.1) is 28.7 Å². The Bertz CT molecular complexity index is 1370. The van der Waals surface area contributed by atoms with Gasteiger partial charge in [-0.2, -0.15) is 0 Å². The number of H-pyrrole nitrogens is 1. The first-order valence-corrected chi connectivity index (χ1v) is 12.7. The fourth-order valence-corrected chi connectivity index (χ4v) is 4.68. The van der Waals surface area contributed by atoms with Crippen molar-refractivity contribution in [2.24, 2.45) is 0 Å². The lowest BCUT2D eigenvalue weighted by Crippen LogP contribution is -2.18. The third-order valence-corrected chi connectivity index (χ3v) is 6.80. The van der Waals surface area contributed by atoms with E-state index in [1.807, 2.05) is 29.7 Å². The van der Waals surface area contributed by atoms with Crippen LogP contribution >= 0.6 is 0 Å². The van der Waals surface area contributed by atoms with E-state index in [-0.39, 0.29) is 22.9 Å². The van der Waals surface area contributed by atoms with E-state index in [1.165, 1.54) is 12.1 Å². The Morgan fingerprint density at radius 3 is 2.56 bits per heavy atom. The topological polar surface area (TPSA) is 75.4 Å². The second kappa shape index (κ2) is 9.75. The van der Waals surface area contributed by atoms with E-state index in [2.05, 4.69) is 28.8 Å². The molecule has 2 N–H and O–H groups in total. The van der Waals surface area contributed by atoms with Crippen LogP contribution in [-0.2, 0) is 16.8 Å². The van der Waals surface area contributed by atoms with Crippen LogP contribution in [0.3, 0.4) is 0 Å². The van der Waals surface area contributed by atoms with Gasteiger partial charge in [-0.05, 0) is 62.4 Å². The summed E-state index contributed by atoms with van der Waals surface area (Å²) in [6, 6.07) is 6.41. The van der Waals surface area contributed by atoms with Crippen LogP contribution in [0.1, 0.15) is 62.9 Å². The lowest BCUT2D eigenvalue weighted by Gasteiger charge is -2.18. The summed E-state index contributed by atoms with van der Waals surface area (Å²) in [4.78, 5) is 12.0. The van der Waals surface area contributed by atoms with Crippen molar-refractivity contribution in [2.45, 2.75) is 71.0 Å². The standard InChI is InChI=1S/C28H32F2N4O2/c1-4-6-19(36-11-5-2)15-22-26(33-24-12-17(3)7-10-34(22)24)25-20(29)13-18(14-21(25)30)27-31-16-23(32-27)28(35)8-9-28/h7,10,12-14,16,19,35H,4-6,8-9,11,15H2,1-3H3,(H,31,32). The number of aromatic amines is 1. The Hall–Kier alpha value is -3.10. The van der Waals surface area contributed by atoms with E-state index in [0.717, 1.165) is 30.5 Å². The van der Waals surface area contributed by atoms with Crippen molar-refractivity contribution >= 4 is 5.65 Å². The summed E-state index contributed by atoms with van der Waals surface area (Å²) in [7, 11) is 0. The van der Waals surface area contributed by atoms with E-state index in [0.29, 0.717) is 43.0 Å². The average molecular weight is 495 g/mol. The summed E-state index contributed by atoms with van der Waals surface area (Å²) in [6.45, 7) is 6.75. The van der Waals surface area contributed by atoms with Gasteiger partial charge < -0.3 is 19.2 Å². The SMILES string of the molecule is CCCOC(CCC)Cc1c(-c2c(F)cc(-c3nc(C4(O)CC4)c[nH]3)cc2F)nc2cc(C)ccn12. The Balaban J connectivity index is 1.57. The molecule has 36 heavy (non-hydrogen) atoms. The van der Waals surface area contributed by atoms with Crippen LogP contribution in [0, 0.1) is 18.6 Å². The number of rotatable bonds is 10. The molecule has 1 aliphatic rings. The number of aliphatic hydroxyl groups is 1. The number of aryl methyl sites for hydroxylation is 1. The van der Waals surface area contributed by atoms with Crippen LogP contribution in [0.5, 0.6) is 0 Å². The number of fused-ring (bicyclic) bond motifs is 1. The highest BCUT2D eigenvalue weighted by atomic mass is 19.1. The van der Waals surface area contributed by atoms with Gasteiger partial charge in [0.1, 0.15) is 28.7 Å². The molecule has 1 aliphatic carbocycles. The highest BCUT2D eigenvalue weighted by Gasteiger charge is 2.44. The molecule has 0 saturated heterocycles. The monoisotopic (exact) mass is 494 g/mol. The van der Waals surface area contributed by atoms with Crippen molar-refractivity contribution in [1.29, 1.82) is 0 Å². The second-order valence-corrected chi connectivity index (χ2v) is 9.81. The Morgan fingerprint density at radius 1 is 1.14 bits per heavy atom. The molecule has 0 bridgehead atoms. The van der Waals surface area contributed by atoms with Crippen molar-refractivity contribution in [2.75, 3.05) is 6.61 Å². The summed E-state index contributed by atoms with van der Waals surface area (Å²) in [5.74, 6) is -1.11. The third-order valence-electron chi connectivity index (χ3n) is 6.80. The Labute approximate surface area is 209 Å². The lowest BCUT2D eigenvalue weighted by molar-refractivity contribution is 0.0470. The summed E-state index contributed by atoms with van der Waals surface area (Å²) in [5.41, 5.74) is 2.35. The summed E-state index contributed by atoms with van der Waals surface area (Å²) in [5, 5.41) is 10.3. The van der Waals surface area contributed by atoms with Crippen LogP contribution in [0.4, 0.5) is 8.78 Å². The van der Waals surface area contributed by atoms with Crippen molar-refractivity contribution in [3.63, 3.8) is 0 Å². The summed E-state index contributed by atoms with van der Waals surface area (Å²) < 4.78 is 39.2. The van der Waals surface area contributed by atoms with Gasteiger partial charge in [-0.25, -0.2) is 18.7 Å². The Morgan fingerprint density at radius 2 is 1.89 bits per heavy atom. The van der Waals surface area contributed by atoms with Gasteiger partial charge in [0, 0.05) is 31.0 Å². The molecule has 190 valence electrons.